The lowest BCUT2D eigenvalue weighted by atomic mass is 10.0. The molecule has 1 rings (SSSR count). The number of rotatable bonds is 7. The minimum absolute atomic E-state index is 0.00601. The largest absolute Gasteiger partial charge is 0.353 e. The van der Waals surface area contributed by atoms with E-state index >= 15 is 0 Å². The highest BCUT2D eigenvalue weighted by Crippen LogP contribution is 2.18. The summed E-state index contributed by atoms with van der Waals surface area (Å²) in [5.74, 6) is -0.447. The van der Waals surface area contributed by atoms with Crippen molar-refractivity contribution in [2.45, 2.75) is 44.2 Å². The Hall–Kier alpha value is -1.40. The third-order valence-corrected chi connectivity index (χ3v) is 6.59. The second kappa shape index (κ2) is 7.93. The molecule has 2 atom stereocenters. The number of hydrogen-bond donors (Lipinski definition) is 1. The van der Waals surface area contributed by atoms with E-state index in [1.54, 1.807) is 13.8 Å². The number of aryl methyl sites for hydroxylation is 1. The minimum Gasteiger partial charge on any atom is -0.353 e. The van der Waals surface area contributed by atoms with E-state index in [2.05, 4.69) is 5.32 Å². The standard InChI is InChI=1S/C17H28N2O3S/c1-12(2)23(21,22)14(4)17(20)18-11-16(19(5)6)15-9-7-13(3)8-10-15/h7-10,12,14,16H,11H2,1-6H3,(H,18,20). The molecule has 1 N–H and O–H groups in total. The Morgan fingerprint density at radius 3 is 2.09 bits per heavy atom. The molecule has 1 amide bonds. The molecule has 130 valence electrons. The Bertz CT molecular complexity index is 622. The average molecular weight is 340 g/mol. The Kier molecular flexibility index (Phi) is 6.77. The second-order valence-electron chi connectivity index (χ2n) is 6.42. The topological polar surface area (TPSA) is 66.5 Å². The quantitative estimate of drug-likeness (QED) is 0.823. The first-order chi connectivity index (χ1) is 10.6. The monoisotopic (exact) mass is 340 g/mol. The molecule has 0 heterocycles. The van der Waals surface area contributed by atoms with Crippen LogP contribution in [0.5, 0.6) is 0 Å². The van der Waals surface area contributed by atoms with E-state index in [1.807, 2.05) is 50.2 Å². The molecule has 1 aromatic rings. The van der Waals surface area contributed by atoms with Crippen LogP contribution in [0.2, 0.25) is 0 Å². The molecular formula is C17H28N2O3S. The first-order valence-electron chi connectivity index (χ1n) is 7.80. The summed E-state index contributed by atoms with van der Waals surface area (Å²) >= 11 is 0. The van der Waals surface area contributed by atoms with Crippen LogP contribution in [-0.2, 0) is 14.6 Å². The minimum atomic E-state index is -3.44. The molecule has 0 bridgehead atoms. The Balaban J connectivity index is 2.80. The lowest BCUT2D eigenvalue weighted by Crippen LogP contribution is -2.43. The van der Waals surface area contributed by atoms with Crippen molar-refractivity contribution in [3.63, 3.8) is 0 Å². The lowest BCUT2D eigenvalue weighted by molar-refractivity contribution is -0.120. The number of carbonyl (C=O) groups is 1. The van der Waals surface area contributed by atoms with Crippen LogP contribution < -0.4 is 5.32 Å². The molecule has 0 aromatic heterocycles. The first-order valence-corrected chi connectivity index (χ1v) is 9.41. The molecule has 0 aliphatic rings. The molecule has 0 saturated heterocycles. The van der Waals surface area contributed by atoms with Crippen LogP contribution in [-0.4, -0.2) is 50.4 Å². The van der Waals surface area contributed by atoms with Gasteiger partial charge in [0.2, 0.25) is 5.91 Å². The molecule has 6 heteroatoms. The van der Waals surface area contributed by atoms with Crippen molar-refractivity contribution in [1.82, 2.24) is 10.2 Å². The SMILES string of the molecule is Cc1ccc(C(CNC(=O)C(C)S(=O)(=O)C(C)C)N(C)C)cc1. The van der Waals surface area contributed by atoms with Gasteiger partial charge in [-0.05, 0) is 47.4 Å². The number of carbonyl (C=O) groups excluding carboxylic acids is 1. The van der Waals surface area contributed by atoms with E-state index in [4.69, 9.17) is 0 Å². The van der Waals surface area contributed by atoms with E-state index < -0.39 is 26.2 Å². The van der Waals surface area contributed by atoms with Crippen LogP contribution in [0, 0.1) is 6.92 Å². The number of nitrogens with zero attached hydrogens (tertiary/aromatic N) is 1. The highest BCUT2D eigenvalue weighted by atomic mass is 32.2. The zero-order valence-corrected chi connectivity index (χ0v) is 15.6. The maximum absolute atomic E-state index is 12.2. The lowest BCUT2D eigenvalue weighted by Gasteiger charge is -2.26. The Morgan fingerprint density at radius 1 is 1.13 bits per heavy atom. The summed E-state index contributed by atoms with van der Waals surface area (Å²) in [5.41, 5.74) is 2.26. The molecule has 0 aliphatic carbocycles. The number of benzene rings is 1. The molecular weight excluding hydrogens is 312 g/mol. The van der Waals surface area contributed by atoms with Crippen LogP contribution in [0.3, 0.4) is 0 Å². The number of sulfone groups is 1. The number of likely N-dealkylation sites (N-methyl/N-ethyl adjacent to an activating group) is 1. The van der Waals surface area contributed by atoms with Crippen molar-refractivity contribution in [2.24, 2.45) is 0 Å². The zero-order valence-electron chi connectivity index (χ0n) is 14.8. The summed E-state index contributed by atoms with van der Waals surface area (Å²) in [6, 6.07) is 8.10. The van der Waals surface area contributed by atoms with Gasteiger partial charge >= 0.3 is 0 Å². The van der Waals surface area contributed by atoms with Gasteiger partial charge in [0.1, 0.15) is 5.25 Å². The van der Waals surface area contributed by atoms with Crippen LogP contribution in [0.25, 0.3) is 0 Å². The van der Waals surface area contributed by atoms with Crippen molar-refractivity contribution in [3.8, 4) is 0 Å². The number of hydrogen-bond acceptors (Lipinski definition) is 4. The number of amides is 1. The highest BCUT2D eigenvalue weighted by molar-refractivity contribution is 7.93. The van der Waals surface area contributed by atoms with E-state index in [0.29, 0.717) is 6.54 Å². The highest BCUT2D eigenvalue weighted by Gasteiger charge is 2.31. The van der Waals surface area contributed by atoms with Gasteiger partial charge < -0.3 is 10.2 Å². The van der Waals surface area contributed by atoms with Crippen molar-refractivity contribution in [2.75, 3.05) is 20.6 Å². The van der Waals surface area contributed by atoms with Crippen molar-refractivity contribution < 1.29 is 13.2 Å². The second-order valence-corrected chi connectivity index (χ2v) is 9.24. The maximum atomic E-state index is 12.2. The molecule has 23 heavy (non-hydrogen) atoms. The fourth-order valence-corrected chi connectivity index (χ4v) is 3.48. The summed E-state index contributed by atoms with van der Waals surface area (Å²) in [6.45, 7) is 7.02. The van der Waals surface area contributed by atoms with E-state index in [0.717, 1.165) is 5.56 Å². The predicted molar refractivity (Wildman–Crippen MR) is 94.1 cm³/mol. The summed E-state index contributed by atoms with van der Waals surface area (Å²) in [6.07, 6.45) is 0. The molecule has 1 aromatic carbocycles. The zero-order chi connectivity index (χ0) is 17.8. The van der Waals surface area contributed by atoms with Gasteiger partial charge in [0.15, 0.2) is 9.84 Å². The fraction of sp³-hybridized carbons (Fsp3) is 0.588. The van der Waals surface area contributed by atoms with Crippen LogP contribution >= 0.6 is 0 Å². The van der Waals surface area contributed by atoms with Gasteiger partial charge in [-0.25, -0.2) is 8.42 Å². The molecule has 0 aliphatic heterocycles. The molecule has 0 saturated carbocycles. The third kappa shape index (κ3) is 5.04. The van der Waals surface area contributed by atoms with Gasteiger partial charge in [-0.15, -0.1) is 0 Å². The third-order valence-electron chi connectivity index (χ3n) is 4.07. The van der Waals surface area contributed by atoms with Crippen LogP contribution in [0.4, 0.5) is 0 Å². The summed E-state index contributed by atoms with van der Waals surface area (Å²) in [5, 5.41) is 1.17. The molecule has 0 spiro atoms. The van der Waals surface area contributed by atoms with E-state index in [1.165, 1.54) is 12.5 Å². The molecule has 0 radical (unpaired) electrons. The number of nitrogens with one attached hydrogen (secondary N) is 1. The smallest absolute Gasteiger partial charge is 0.238 e. The van der Waals surface area contributed by atoms with Gasteiger partial charge in [-0.3, -0.25) is 4.79 Å². The average Bonchev–Trinajstić information content (AvgIpc) is 2.47. The van der Waals surface area contributed by atoms with Crippen molar-refractivity contribution in [1.29, 1.82) is 0 Å². The molecule has 5 nitrogen and oxygen atoms in total. The van der Waals surface area contributed by atoms with Crippen LogP contribution in [0.1, 0.15) is 37.9 Å². The van der Waals surface area contributed by atoms with Crippen molar-refractivity contribution >= 4 is 15.7 Å². The van der Waals surface area contributed by atoms with E-state index in [9.17, 15) is 13.2 Å². The van der Waals surface area contributed by atoms with Gasteiger partial charge in [0.25, 0.3) is 0 Å². The fourth-order valence-electron chi connectivity index (χ4n) is 2.29. The van der Waals surface area contributed by atoms with Gasteiger partial charge in [0, 0.05) is 6.54 Å². The van der Waals surface area contributed by atoms with Gasteiger partial charge in [-0.2, -0.15) is 0 Å². The summed E-state index contributed by atoms with van der Waals surface area (Å²) in [7, 11) is 0.431. The van der Waals surface area contributed by atoms with Gasteiger partial charge in [-0.1, -0.05) is 29.8 Å². The maximum Gasteiger partial charge on any atom is 0.238 e. The Labute approximate surface area is 140 Å². The first kappa shape index (κ1) is 19.6. The summed E-state index contributed by atoms with van der Waals surface area (Å²) in [4.78, 5) is 14.2. The predicted octanol–water partition coefficient (Wildman–Crippen LogP) is 1.93. The normalized spacial score (nSPS) is 14.8. The van der Waals surface area contributed by atoms with E-state index in [-0.39, 0.29) is 6.04 Å². The van der Waals surface area contributed by atoms with Gasteiger partial charge in [0.05, 0.1) is 11.3 Å². The van der Waals surface area contributed by atoms with Crippen molar-refractivity contribution in [3.05, 3.63) is 35.4 Å². The molecule has 0 fully saturated rings. The Morgan fingerprint density at radius 2 is 1.65 bits per heavy atom. The summed E-state index contributed by atoms with van der Waals surface area (Å²) < 4.78 is 24.2. The molecule has 2 unspecified atom stereocenters. The van der Waals surface area contributed by atoms with Crippen LogP contribution in [0.15, 0.2) is 24.3 Å².